The Hall–Kier alpha value is -2.67. The van der Waals surface area contributed by atoms with Crippen LogP contribution >= 0.6 is 11.6 Å². The maximum atomic E-state index is 6.20. The quantitative estimate of drug-likeness (QED) is 0.782. The van der Waals surface area contributed by atoms with Crippen molar-refractivity contribution >= 4 is 23.5 Å². The van der Waals surface area contributed by atoms with Gasteiger partial charge >= 0.3 is 0 Å². The van der Waals surface area contributed by atoms with Crippen molar-refractivity contribution in [2.75, 3.05) is 5.32 Å². The first-order chi connectivity index (χ1) is 10.3. The molecule has 0 atom stereocenters. The first kappa shape index (κ1) is 13.3. The van der Waals surface area contributed by atoms with Gasteiger partial charge in [-0.1, -0.05) is 18.2 Å². The summed E-state index contributed by atoms with van der Waals surface area (Å²) in [5.74, 6) is 0. The molecule has 3 aromatic rings. The first-order valence-electron chi connectivity index (χ1n) is 6.18. The monoisotopic (exact) mass is 301 g/mol. The SMILES string of the molecule is C=Cn1cc(CNc2cc(-n3cnnn3)ccc2Cl)cn1. The second-order valence-electron chi connectivity index (χ2n) is 4.28. The van der Waals surface area contributed by atoms with Gasteiger partial charge in [0.15, 0.2) is 0 Å². The molecule has 0 spiro atoms. The highest BCUT2D eigenvalue weighted by atomic mass is 35.5. The number of tetrazole rings is 1. The Kier molecular flexibility index (Phi) is 3.65. The molecule has 0 amide bonds. The van der Waals surface area contributed by atoms with Gasteiger partial charge in [0.25, 0.3) is 0 Å². The Morgan fingerprint density at radius 1 is 1.38 bits per heavy atom. The zero-order valence-electron chi connectivity index (χ0n) is 11.0. The number of anilines is 1. The molecule has 21 heavy (non-hydrogen) atoms. The van der Waals surface area contributed by atoms with Gasteiger partial charge in [-0.25, -0.2) is 9.36 Å². The maximum Gasteiger partial charge on any atom is 0.143 e. The van der Waals surface area contributed by atoms with E-state index in [1.165, 1.54) is 6.33 Å². The third kappa shape index (κ3) is 2.92. The summed E-state index contributed by atoms with van der Waals surface area (Å²) in [7, 11) is 0. The molecule has 0 aliphatic heterocycles. The summed E-state index contributed by atoms with van der Waals surface area (Å²) in [5.41, 5.74) is 2.66. The molecule has 0 unspecified atom stereocenters. The highest BCUT2D eigenvalue weighted by molar-refractivity contribution is 6.33. The van der Waals surface area contributed by atoms with Crippen LogP contribution < -0.4 is 5.32 Å². The normalized spacial score (nSPS) is 10.5. The molecule has 0 radical (unpaired) electrons. The highest BCUT2D eigenvalue weighted by Crippen LogP contribution is 2.25. The molecule has 2 aromatic heterocycles. The van der Waals surface area contributed by atoms with Gasteiger partial charge in [-0.3, -0.25) is 0 Å². The van der Waals surface area contributed by atoms with Crippen LogP contribution in [-0.4, -0.2) is 30.0 Å². The molecular formula is C13H12ClN7. The fraction of sp³-hybridized carbons (Fsp3) is 0.0769. The zero-order valence-corrected chi connectivity index (χ0v) is 11.8. The number of nitrogens with one attached hydrogen (secondary N) is 1. The van der Waals surface area contributed by atoms with Crippen LogP contribution in [0, 0.1) is 0 Å². The van der Waals surface area contributed by atoms with Gasteiger partial charge < -0.3 is 5.32 Å². The first-order valence-corrected chi connectivity index (χ1v) is 6.56. The lowest BCUT2D eigenvalue weighted by atomic mass is 10.2. The Bertz CT molecular complexity index is 748. The minimum absolute atomic E-state index is 0.604. The molecule has 8 heteroatoms. The standard InChI is InChI=1S/C13H12ClN7/c1-2-20-8-10(7-17-20)6-15-13-5-11(3-4-12(13)14)21-9-16-18-19-21/h2-5,7-9,15H,1,6H2. The minimum atomic E-state index is 0.604. The summed E-state index contributed by atoms with van der Waals surface area (Å²) in [6.07, 6.45) is 6.82. The van der Waals surface area contributed by atoms with E-state index >= 15 is 0 Å². The summed E-state index contributed by atoms with van der Waals surface area (Å²) >= 11 is 6.20. The molecule has 7 nitrogen and oxygen atoms in total. The van der Waals surface area contributed by atoms with Gasteiger partial charge in [-0.05, 0) is 28.6 Å². The minimum Gasteiger partial charge on any atom is -0.380 e. The van der Waals surface area contributed by atoms with Crippen LogP contribution in [0.15, 0.2) is 43.5 Å². The highest BCUT2D eigenvalue weighted by Gasteiger charge is 2.05. The second kappa shape index (κ2) is 5.76. The van der Waals surface area contributed by atoms with Crippen molar-refractivity contribution in [1.82, 2.24) is 30.0 Å². The maximum absolute atomic E-state index is 6.20. The van der Waals surface area contributed by atoms with Crippen LogP contribution in [0.3, 0.4) is 0 Å². The molecule has 0 saturated heterocycles. The number of hydrogen-bond donors (Lipinski definition) is 1. The number of halogens is 1. The summed E-state index contributed by atoms with van der Waals surface area (Å²) in [5, 5.41) is 19.1. The largest absolute Gasteiger partial charge is 0.380 e. The van der Waals surface area contributed by atoms with Crippen molar-refractivity contribution in [1.29, 1.82) is 0 Å². The lowest BCUT2D eigenvalue weighted by molar-refractivity contribution is 0.789. The molecule has 0 aliphatic rings. The van der Waals surface area contributed by atoms with Crippen molar-refractivity contribution in [3.8, 4) is 5.69 Å². The van der Waals surface area contributed by atoms with Crippen LogP contribution in [-0.2, 0) is 6.54 Å². The van der Waals surface area contributed by atoms with E-state index < -0.39 is 0 Å². The van der Waals surface area contributed by atoms with Crippen molar-refractivity contribution < 1.29 is 0 Å². The molecule has 106 valence electrons. The van der Waals surface area contributed by atoms with Crippen molar-refractivity contribution in [2.45, 2.75) is 6.54 Å². The van der Waals surface area contributed by atoms with Crippen LogP contribution in [0.1, 0.15) is 5.56 Å². The van der Waals surface area contributed by atoms with Crippen LogP contribution in [0.2, 0.25) is 5.02 Å². The van der Waals surface area contributed by atoms with Gasteiger partial charge in [0.05, 0.1) is 22.6 Å². The summed E-state index contributed by atoms with van der Waals surface area (Å²) in [4.78, 5) is 0. The van der Waals surface area contributed by atoms with Gasteiger partial charge in [-0.2, -0.15) is 5.10 Å². The van der Waals surface area contributed by atoms with E-state index in [1.54, 1.807) is 27.8 Å². The lowest BCUT2D eigenvalue weighted by Gasteiger charge is -2.09. The molecule has 0 aliphatic carbocycles. The molecule has 0 fully saturated rings. The number of nitrogens with zero attached hydrogens (tertiary/aromatic N) is 6. The van der Waals surface area contributed by atoms with Crippen molar-refractivity contribution in [2.24, 2.45) is 0 Å². The molecule has 0 saturated carbocycles. The topological polar surface area (TPSA) is 73.5 Å². The zero-order chi connectivity index (χ0) is 14.7. The van der Waals surface area contributed by atoms with E-state index in [9.17, 15) is 0 Å². The Morgan fingerprint density at radius 2 is 2.29 bits per heavy atom. The Balaban J connectivity index is 1.78. The van der Waals surface area contributed by atoms with Gasteiger partial charge in [0.2, 0.25) is 0 Å². The third-order valence-electron chi connectivity index (χ3n) is 2.89. The fourth-order valence-corrected chi connectivity index (χ4v) is 2.02. The van der Waals surface area contributed by atoms with Crippen molar-refractivity contribution in [3.63, 3.8) is 0 Å². The molecular weight excluding hydrogens is 290 g/mol. The lowest BCUT2D eigenvalue weighted by Crippen LogP contribution is -2.01. The average molecular weight is 302 g/mol. The molecule has 0 bridgehead atoms. The van der Waals surface area contributed by atoms with Gasteiger partial charge in [0, 0.05) is 24.5 Å². The van der Waals surface area contributed by atoms with E-state index in [0.717, 1.165) is 16.9 Å². The average Bonchev–Trinajstić information content (AvgIpc) is 3.18. The predicted octanol–water partition coefficient (Wildman–Crippen LogP) is 2.22. The summed E-state index contributed by atoms with van der Waals surface area (Å²) in [6.45, 7) is 4.26. The Morgan fingerprint density at radius 3 is 3.00 bits per heavy atom. The van der Waals surface area contributed by atoms with Crippen molar-refractivity contribution in [3.05, 3.63) is 54.1 Å². The summed E-state index contributed by atoms with van der Waals surface area (Å²) < 4.78 is 3.22. The van der Waals surface area contributed by atoms with Crippen LogP contribution in [0.4, 0.5) is 5.69 Å². The molecule has 2 heterocycles. The number of benzene rings is 1. The van der Waals surface area contributed by atoms with Gasteiger partial charge in [0.1, 0.15) is 6.33 Å². The Labute approximate surface area is 125 Å². The second-order valence-corrected chi connectivity index (χ2v) is 4.69. The van der Waals surface area contributed by atoms with E-state index in [2.05, 4.69) is 32.5 Å². The number of aromatic nitrogens is 6. The summed E-state index contributed by atoms with van der Waals surface area (Å²) in [6, 6.07) is 5.53. The van der Waals surface area contributed by atoms with Gasteiger partial charge in [-0.15, -0.1) is 5.10 Å². The van der Waals surface area contributed by atoms with Crippen LogP contribution in [0.5, 0.6) is 0 Å². The van der Waals surface area contributed by atoms with Crippen LogP contribution in [0.25, 0.3) is 11.9 Å². The van der Waals surface area contributed by atoms with E-state index in [-0.39, 0.29) is 0 Å². The number of hydrogen-bond acceptors (Lipinski definition) is 5. The smallest absolute Gasteiger partial charge is 0.143 e. The molecule has 3 rings (SSSR count). The predicted molar refractivity (Wildman–Crippen MR) is 80.1 cm³/mol. The molecule has 1 aromatic carbocycles. The van der Waals surface area contributed by atoms with E-state index in [4.69, 9.17) is 11.6 Å². The number of rotatable bonds is 5. The molecule has 1 N–H and O–H groups in total. The fourth-order valence-electron chi connectivity index (χ4n) is 1.84. The van der Waals surface area contributed by atoms with E-state index in [0.29, 0.717) is 11.6 Å². The third-order valence-corrected chi connectivity index (χ3v) is 3.22. The van der Waals surface area contributed by atoms with E-state index in [1.807, 2.05) is 18.3 Å².